The van der Waals surface area contributed by atoms with Crippen LogP contribution < -0.4 is 9.47 Å². The fourth-order valence-electron chi connectivity index (χ4n) is 3.83. The van der Waals surface area contributed by atoms with E-state index < -0.39 is 29.8 Å². The topological polar surface area (TPSA) is 98.2 Å². The van der Waals surface area contributed by atoms with E-state index in [1.165, 1.54) is 4.90 Å². The summed E-state index contributed by atoms with van der Waals surface area (Å²) >= 11 is 0. The predicted octanol–water partition coefficient (Wildman–Crippen LogP) is 3.96. The maximum atomic E-state index is 12.6. The third-order valence-corrected chi connectivity index (χ3v) is 5.47. The molecule has 166 valence electrons. The van der Waals surface area contributed by atoms with Crippen LogP contribution in [0.4, 0.5) is 4.79 Å². The Labute approximate surface area is 181 Å². The molecule has 2 fully saturated rings. The first-order valence-electron chi connectivity index (χ1n) is 10.5. The Bertz CT molecular complexity index is 1010. The lowest BCUT2D eigenvalue weighted by molar-refractivity contribution is -0.142. The molecule has 1 aliphatic heterocycles. The van der Waals surface area contributed by atoms with E-state index in [-0.39, 0.29) is 13.0 Å². The van der Waals surface area contributed by atoms with Crippen LogP contribution in [0.2, 0.25) is 0 Å². The highest BCUT2D eigenvalue weighted by Gasteiger charge is 2.43. The van der Waals surface area contributed by atoms with E-state index in [1.807, 2.05) is 18.2 Å². The second-order valence-electron chi connectivity index (χ2n) is 9.18. The van der Waals surface area contributed by atoms with E-state index >= 15 is 0 Å². The van der Waals surface area contributed by atoms with Gasteiger partial charge in [0, 0.05) is 23.4 Å². The minimum Gasteiger partial charge on any atom is -0.497 e. The standard InChI is InChI=1S/C23H28N2O6/c1-23(2,3)31-22(28)25-12-16(11-19(25)21(26)27)30-20-17-8-7-15(29-4)9-14(17)10-18(24-20)13-5-6-13/h7-10,13,16,19H,5-6,11-12H2,1-4H3,(H,26,27)/t16?,19-/m0/s1. The third kappa shape index (κ3) is 4.68. The zero-order valence-corrected chi connectivity index (χ0v) is 18.3. The number of hydrogen-bond acceptors (Lipinski definition) is 6. The Morgan fingerprint density at radius 2 is 1.94 bits per heavy atom. The van der Waals surface area contributed by atoms with Crippen molar-refractivity contribution in [3.05, 3.63) is 30.0 Å². The zero-order chi connectivity index (χ0) is 22.3. The second-order valence-corrected chi connectivity index (χ2v) is 9.18. The van der Waals surface area contributed by atoms with Gasteiger partial charge in [-0.25, -0.2) is 14.6 Å². The Hall–Kier alpha value is -3.03. The fraction of sp³-hybridized carbons (Fsp3) is 0.522. The van der Waals surface area contributed by atoms with Gasteiger partial charge in [-0.1, -0.05) is 0 Å². The van der Waals surface area contributed by atoms with E-state index in [9.17, 15) is 14.7 Å². The number of rotatable bonds is 5. The van der Waals surface area contributed by atoms with Gasteiger partial charge in [0.25, 0.3) is 0 Å². The highest BCUT2D eigenvalue weighted by Crippen LogP contribution is 2.42. The minimum atomic E-state index is -1.08. The molecule has 2 aromatic rings. The lowest BCUT2D eigenvalue weighted by Gasteiger charge is -2.26. The van der Waals surface area contributed by atoms with Crippen LogP contribution in [0.5, 0.6) is 11.6 Å². The second kappa shape index (κ2) is 7.90. The summed E-state index contributed by atoms with van der Waals surface area (Å²) in [6.07, 6.45) is 1.21. The van der Waals surface area contributed by atoms with Crippen molar-refractivity contribution in [1.82, 2.24) is 9.88 Å². The molecule has 1 amide bonds. The molecule has 1 unspecified atom stereocenters. The van der Waals surface area contributed by atoms with Crippen molar-refractivity contribution in [2.45, 2.75) is 63.7 Å². The van der Waals surface area contributed by atoms with Crippen molar-refractivity contribution in [2.75, 3.05) is 13.7 Å². The number of nitrogens with zero attached hydrogens (tertiary/aromatic N) is 2. The quantitative estimate of drug-likeness (QED) is 0.770. The summed E-state index contributed by atoms with van der Waals surface area (Å²) in [7, 11) is 1.62. The van der Waals surface area contributed by atoms with Crippen molar-refractivity contribution in [1.29, 1.82) is 0 Å². The van der Waals surface area contributed by atoms with Crippen LogP contribution in [0.25, 0.3) is 10.8 Å². The van der Waals surface area contributed by atoms with Crippen LogP contribution in [0.1, 0.15) is 51.6 Å². The number of aliphatic carboxylic acids is 1. The number of hydrogen-bond donors (Lipinski definition) is 1. The Kier molecular flexibility index (Phi) is 5.41. The number of carboxylic acid groups (broad SMARTS) is 1. The summed E-state index contributed by atoms with van der Waals surface area (Å²) in [6.45, 7) is 5.37. The van der Waals surface area contributed by atoms with Crippen LogP contribution in [0.3, 0.4) is 0 Å². The minimum absolute atomic E-state index is 0.124. The van der Waals surface area contributed by atoms with Gasteiger partial charge < -0.3 is 19.3 Å². The van der Waals surface area contributed by atoms with Crippen molar-refractivity contribution in [3.8, 4) is 11.6 Å². The summed E-state index contributed by atoms with van der Waals surface area (Å²) in [5.41, 5.74) is 0.252. The molecule has 2 aliphatic rings. The molecule has 0 spiro atoms. The predicted molar refractivity (Wildman–Crippen MR) is 114 cm³/mol. The molecule has 2 heterocycles. The molecule has 1 aromatic carbocycles. The highest BCUT2D eigenvalue weighted by atomic mass is 16.6. The SMILES string of the molecule is COc1ccc2c(OC3C[C@@H](C(=O)O)N(C(=O)OC(C)(C)C)C3)nc(C3CC3)cc2c1. The van der Waals surface area contributed by atoms with Gasteiger partial charge >= 0.3 is 12.1 Å². The zero-order valence-electron chi connectivity index (χ0n) is 18.3. The molecule has 31 heavy (non-hydrogen) atoms. The average Bonchev–Trinajstić information content (AvgIpc) is 3.45. The molecule has 0 radical (unpaired) electrons. The summed E-state index contributed by atoms with van der Waals surface area (Å²) in [6, 6.07) is 6.73. The fourth-order valence-corrected chi connectivity index (χ4v) is 3.83. The monoisotopic (exact) mass is 428 g/mol. The Morgan fingerprint density at radius 3 is 2.55 bits per heavy atom. The number of methoxy groups -OCH3 is 1. The van der Waals surface area contributed by atoms with Crippen LogP contribution in [0.15, 0.2) is 24.3 Å². The molecule has 8 nitrogen and oxygen atoms in total. The normalized spacial score (nSPS) is 21.2. The number of likely N-dealkylation sites (tertiary alicyclic amines) is 1. The smallest absolute Gasteiger partial charge is 0.411 e. The molecule has 1 saturated carbocycles. The van der Waals surface area contributed by atoms with E-state index in [2.05, 4.69) is 6.07 Å². The first-order valence-corrected chi connectivity index (χ1v) is 10.5. The average molecular weight is 428 g/mol. The number of ether oxygens (including phenoxy) is 3. The lowest BCUT2D eigenvalue weighted by Crippen LogP contribution is -2.43. The Balaban J connectivity index is 1.61. The number of aromatic nitrogens is 1. The summed E-state index contributed by atoms with van der Waals surface area (Å²) < 4.78 is 16.9. The van der Waals surface area contributed by atoms with Crippen molar-refractivity contribution >= 4 is 22.8 Å². The van der Waals surface area contributed by atoms with Crippen LogP contribution in [-0.4, -0.2) is 58.5 Å². The number of benzene rings is 1. The molecular weight excluding hydrogens is 400 g/mol. The molecule has 0 bridgehead atoms. The van der Waals surface area contributed by atoms with Gasteiger partial charge in [0.05, 0.1) is 13.7 Å². The van der Waals surface area contributed by atoms with Crippen LogP contribution in [-0.2, 0) is 9.53 Å². The molecule has 1 aromatic heterocycles. The first-order chi connectivity index (χ1) is 14.6. The van der Waals surface area contributed by atoms with Gasteiger partial charge in [-0.2, -0.15) is 0 Å². The number of carbonyl (C=O) groups is 2. The number of fused-ring (bicyclic) bond motifs is 1. The molecule has 1 aliphatic carbocycles. The molecule has 4 rings (SSSR count). The summed E-state index contributed by atoms with van der Waals surface area (Å²) in [5, 5.41) is 11.4. The first kappa shape index (κ1) is 21.2. The van der Waals surface area contributed by atoms with Gasteiger partial charge in [0.15, 0.2) is 0 Å². The molecule has 1 N–H and O–H groups in total. The van der Waals surface area contributed by atoms with Gasteiger partial charge in [-0.15, -0.1) is 0 Å². The summed E-state index contributed by atoms with van der Waals surface area (Å²) in [5.74, 6) is 0.550. The maximum Gasteiger partial charge on any atom is 0.411 e. The number of carboxylic acids is 1. The van der Waals surface area contributed by atoms with Crippen molar-refractivity contribution < 1.29 is 28.9 Å². The van der Waals surface area contributed by atoms with Crippen molar-refractivity contribution in [3.63, 3.8) is 0 Å². The molecule has 1 saturated heterocycles. The van der Waals surface area contributed by atoms with Crippen molar-refractivity contribution in [2.24, 2.45) is 0 Å². The molecule has 2 atom stereocenters. The number of pyridine rings is 1. The van der Waals surface area contributed by atoms with E-state index in [0.717, 1.165) is 35.1 Å². The lowest BCUT2D eigenvalue weighted by atomic mass is 10.1. The van der Waals surface area contributed by atoms with Gasteiger partial charge in [0.2, 0.25) is 5.88 Å². The van der Waals surface area contributed by atoms with Gasteiger partial charge in [0.1, 0.15) is 23.5 Å². The van der Waals surface area contributed by atoms with Gasteiger partial charge in [-0.3, -0.25) is 4.90 Å². The number of carbonyl (C=O) groups excluding carboxylic acids is 1. The Morgan fingerprint density at radius 1 is 1.19 bits per heavy atom. The van der Waals surface area contributed by atoms with Crippen LogP contribution >= 0.6 is 0 Å². The van der Waals surface area contributed by atoms with Crippen LogP contribution in [0, 0.1) is 0 Å². The van der Waals surface area contributed by atoms with E-state index in [0.29, 0.717) is 11.8 Å². The largest absolute Gasteiger partial charge is 0.497 e. The molecular formula is C23H28N2O6. The van der Waals surface area contributed by atoms with E-state index in [1.54, 1.807) is 27.9 Å². The maximum absolute atomic E-state index is 12.6. The highest BCUT2D eigenvalue weighted by molar-refractivity contribution is 5.88. The third-order valence-electron chi connectivity index (χ3n) is 5.47. The number of amides is 1. The molecule has 8 heteroatoms. The van der Waals surface area contributed by atoms with Gasteiger partial charge in [-0.05, 0) is 63.3 Å². The van der Waals surface area contributed by atoms with E-state index in [4.69, 9.17) is 19.2 Å². The summed E-state index contributed by atoms with van der Waals surface area (Å²) in [4.78, 5) is 30.3.